The largest absolute Gasteiger partial charge is 0.445 e. The monoisotopic (exact) mass is 324 g/mol. The van der Waals surface area contributed by atoms with Crippen molar-refractivity contribution in [3.05, 3.63) is 47.8 Å². The first kappa shape index (κ1) is 16.0. The standard InChI is InChI=1S/C13H16N4O4S/c1-17-11(12(8-16-17)22(14,19)20)7-15-13(18)21-9-10-5-3-2-4-6-10/h2-6,8H,7,9H2,1H3,(H,15,18)(H2,14,19,20). The molecule has 0 radical (unpaired) electrons. The number of benzene rings is 1. The van der Waals surface area contributed by atoms with E-state index >= 15 is 0 Å². The lowest BCUT2D eigenvalue weighted by Gasteiger charge is -2.08. The van der Waals surface area contributed by atoms with Crippen molar-refractivity contribution in [1.29, 1.82) is 0 Å². The van der Waals surface area contributed by atoms with E-state index in [9.17, 15) is 13.2 Å². The minimum Gasteiger partial charge on any atom is -0.445 e. The van der Waals surface area contributed by atoms with Gasteiger partial charge >= 0.3 is 6.09 Å². The van der Waals surface area contributed by atoms with Crippen molar-refractivity contribution in [3.8, 4) is 0 Å². The molecule has 0 saturated carbocycles. The number of carbonyl (C=O) groups is 1. The lowest BCUT2D eigenvalue weighted by molar-refractivity contribution is 0.139. The molecule has 0 saturated heterocycles. The summed E-state index contributed by atoms with van der Waals surface area (Å²) in [4.78, 5) is 11.5. The van der Waals surface area contributed by atoms with E-state index in [1.807, 2.05) is 30.3 Å². The van der Waals surface area contributed by atoms with Gasteiger partial charge in [-0.3, -0.25) is 4.68 Å². The van der Waals surface area contributed by atoms with Gasteiger partial charge in [0.1, 0.15) is 11.5 Å². The number of nitrogens with one attached hydrogen (secondary N) is 1. The molecule has 0 aliphatic rings. The Balaban J connectivity index is 1.93. The number of ether oxygens (including phenoxy) is 1. The van der Waals surface area contributed by atoms with Crippen molar-refractivity contribution in [2.75, 3.05) is 0 Å². The summed E-state index contributed by atoms with van der Waals surface area (Å²) in [6, 6.07) is 9.19. The summed E-state index contributed by atoms with van der Waals surface area (Å²) in [5.41, 5.74) is 1.13. The molecule has 118 valence electrons. The molecule has 0 spiro atoms. The first-order chi connectivity index (χ1) is 10.4. The van der Waals surface area contributed by atoms with Crippen LogP contribution in [0, 0.1) is 0 Å². The highest BCUT2D eigenvalue weighted by molar-refractivity contribution is 7.89. The van der Waals surface area contributed by atoms with Gasteiger partial charge in [-0.1, -0.05) is 30.3 Å². The summed E-state index contributed by atoms with van der Waals surface area (Å²) in [5, 5.41) is 11.4. The van der Waals surface area contributed by atoms with Gasteiger partial charge in [0, 0.05) is 7.05 Å². The molecule has 2 aromatic rings. The van der Waals surface area contributed by atoms with Gasteiger partial charge in [0.05, 0.1) is 18.4 Å². The zero-order valence-corrected chi connectivity index (χ0v) is 12.7. The van der Waals surface area contributed by atoms with Crippen molar-refractivity contribution in [3.63, 3.8) is 0 Å². The molecule has 1 aromatic heterocycles. The van der Waals surface area contributed by atoms with E-state index in [1.165, 1.54) is 4.68 Å². The van der Waals surface area contributed by atoms with Gasteiger partial charge < -0.3 is 10.1 Å². The number of hydrogen-bond acceptors (Lipinski definition) is 5. The predicted octanol–water partition coefficient (Wildman–Crippen LogP) is 0.494. The quantitative estimate of drug-likeness (QED) is 0.830. The number of hydrogen-bond donors (Lipinski definition) is 2. The maximum Gasteiger partial charge on any atom is 0.407 e. The molecular weight excluding hydrogens is 308 g/mol. The zero-order valence-electron chi connectivity index (χ0n) is 11.9. The number of alkyl carbamates (subject to hydrolysis) is 1. The van der Waals surface area contributed by atoms with Gasteiger partial charge in [-0.05, 0) is 5.56 Å². The van der Waals surface area contributed by atoms with Crippen molar-refractivity contribution in [2.45, 2.75) is 18.0 Å². The minimum absolute atomic E-state index is 0.0596. The van der Waals surface area contributed by atoms with Crippen LogP contribution in [0.3, 0.4) is 0 Å². The summed E-state index contributed by atoms with van der Waals surface area (Å²) < 4.78 is 29.2. The summed E-state index contributed by atoms with van der Waals surface area (Å²) in [6.45, 7) is 0.0655. The van der Waals surface area contributed by atoms with Crippen LogP contribution < -0.4 is 10.5 Å². The van der Waals surface area contributed by atoms with E-state index in [0.717, 1.165) is 11.8 Å². The van der Waals surface area contributed by atoms with Crippen LogP contribution in [0.15, 0.2) is 41.4 Å². The Morgan fingerprint density at radius 1 is 1.36 bits per heavy atom. The van der Waals surface area contributed by atoms with E-state index < -0.39 is 16.1 Å². The number of nitrogens with zero attached hydrogens (tertiary/aromatic N) is 2. The molecule has 1 heterocycles. The topological polar surface area (TPSA) is 116 Å². The molecule has 0 aliphatic heterocycles. The summed E-state index contributed by atoms with van der Waals surface area (Å²) >= 11 is 0. The van der Waals surface area contributed by atoms with E-state index in [0.29, 0.717) is 0 Å². The molecule has 0 atom stereocenters. The Morgan fingerprint density at radius 3 is 2.68 bits per heavy atom. The van der Waals surface area contributed by atoms with Gasteiger partial charge in [-0.2, -0.15) is 5.10 Å². The predicted molar refractivity (Wildman–Crippen MR) is 78.0 cm³/mol. The average Bonchev–Trinajstić information content (AvgIpc) is 2.85. The van der Waals surface area contributed by atoms with Gasteiger partial charge in [0.25, 0.3) is 0 Å². The lowest BCUT2D eigenvalue weighted by Crippen LogP contribution is -2.26. The Morgan fingerprint density at radius 2 is 2.05 bits per heavy atom. The Bertz CT molecular complexity index is 756. The second-order valence-electron chi connectivity index (χ2n) is 4.54. The highest BCUT2D eigenvalue weighted by Crippen LogP contribution is 2.12. The molecular formula is C13H16N4O4S. The maximum absolute atomic E-state index is 11.6. The van der Waals surface area contributed by atoms with Crippen LogP contribution in [0.4, 0.5) is 4.79 Å². The van der Waals surface area contributed by atoms with Crippen LogP contribution in [0.25, 0.3) is 0 Å². The molecule has 0 unspecified atom stereocenters. The molecule has 9 heteroatoms. The Kier molecular flexibility index (Phi) is 4.78. The first-order valence-corrected chi connectivity index (χ1v) is 7.91. The van der Waals surface area contributed by atoms with Crippen molar-refractivity contribution in [2.24, 2.45) is 12.2 Å². The van der Waals surface area contributed by atoms with Gasteiger partial charge in [-0.15, -0.1) is 0 Å². The van der Waals surface area contributed by atoms with Crippen molar-refractivity contribution < 1.29 is 17.9 Å². The number of aromatic nitrogens is 2. The molecule has 1 amide bonds. The molecule has 3 N–H and O–H groups in total. The van der Waals surface area contributed by atoms with Crippen LogP contribution in [0.2, 0.25) is 0 Å². The lowest BCUT2D eigenvalue weighted by atomic mass is 10.2. The SMILES string of the molecule is Cn1ncc(S(N)(=O)=O)c1CNC(=O)OCc1ccccc1. The minimum atomic E-state index is -3.89. The molecule has 0 bridgehead atoms. The Labute approximate surface area is 127 Å². The van der Waals surface area contributed by atoms with Gasteiger partial charge in [-0.25, -0.2) is 18.4 Å². The second kappa shape index (κ2) is 6.58. The van der Waals surface area contributed by atoms with E-state index in [4.69, 9.17) is 9.88 Å². The van der Waals surface area contributed by atoms with E-state index in [2.05, 4.69) is 10.4 Å². The highest BCUT2D eigenvalue weighted by atomic mass is 32.2. The van der Waals surface area contributed by atoms with Gasteiger partial charge in [0.15, 0.2) is 0 Å². The number of carbonyl (C=O) groups excluding carboxylic acids is 1. The fraction of sp³-hybridized carbons (Fsp3) is 0.231. The van der Waals surface area contributed by atoms with Crippen molar-refractivity contribution >= 4 is 16.1 Å². The number of nitrogens with two attached hydrogens (primary N) is 1. The smallest absolute Gasteiger partial charge is 0.407 e. The summed E-state index contributed by atoms with van der Waals surface area (Å²) in [6.07, 6.45) is 0.479. The van der Waals surface area contributed by atoms with E-state index in [1.54, 1.807) is 7.05 Å². The fourth-order valence-electron chi connectivity index (χ4n) is 1.81. The van der Waals surface area contributed by atoms with Crippen molar-refractivity contribution in [1.82, 2.24) is 15.1 Å². The van der Waals surface area contributed by atoms with Crippen LogP contribution >= 0.6 is 0 Å². The number of amides is 1. The van der Waals surface area contributed by atoms with E-state index in [-0.39, 0.29) is 23.7 Å². The van der Waals surface area contributed by atoms with Gasteiger partial charge in [0.2, 0.25) is 10.0 Å². The number of sulfonamides is 1. The molecule has 1 aromatic carbocycles. The molecule has 0 fully saturated rings. The molecule has 0 aliphatic carbocycles. The summed E-state index contributed by atoms with van der Waals surface area (Å²) in [5.74, 6) is 0. The first-order valence-electron chi connectivity index (χ1n) is 6.36. The molecule has 8 nitrogen and oxygen atoms in total. The Hall–Kier alpha value is -2.39. The number of primary sulfonamides is 1. The third kappa shape index (κ3) is 4.06. The molecule has 2 rings (SSSR count). The normalized spacial score (nSPS) is 11.2. The van der Waals surface area contributed by atoms with Crippen LogP contribution in [-0.2, 0) is 35.0 Å². The van der Waals surface area contributed by atoms with Crippen LogP contribution in [0.5, 0.6) is 0 Å². The third-order valence-corrected chi connectivity index (χ3v) is 3.90. The number of aryl methyl sites for hydroxylation is 1. The fourth-order valence-corrected chi connectivity index (χ4v) is 2.54. The van der Waals surface area contributed by atoms with Crippen LogP contribution in [0.1, 0.15) is 11.3 Å². The van der Waals surface area contributed by atoms with Crippen LogP contribution in [-0.4, -0.2) is 24.3 Å². The average molecular weight is 324 g/mol. The highest BCUT2D eigenvalue weighted by Gasteiger charge is 2.19. The number of rotatable bonds is 5. The summed E-state index contributed by atoms with van der Waals surface area (Å²) in [7, 11) is -2.33. The second-order valence-corrected chi connectivity index (χ2v) is 6.07. The third-order valence-electron chi connectivity index (χ3n) is 2.94. The zero-order chi connectivity index (χ0) is 16.2. The molecule has 22 heavy (non-hydrogen) atoms. The maximum atomic E-state index is 11.6.